The van der Waals surface area contributed by atoms with Crippen LogP contribution in [0.1, 0.15) is 214 Å². The Kier molecular flexibility index (Phi) is 18.2. The van der Waals surface area contributed by atoms with E-state index in [4.69, 9.17) is 14.2 Å². The highest BCUT2D eigenvalue weighted by molar-refractivity contribution is 6.29. The van der Waals surface area contributed by atoms with Gasteiger partial charge in [0.15, 0.2) is 0 Å². The molecule has 426 valence electrons. The third kappa shape index (κ3) is 11.8. The third-order valence-electron chi connectivity index (χ3n) is 10.3. The first-order valence-electron chi connectivity index (χ1n) is 21.5. The summed E-state index contributed by atoms with van der Waals surface area (Å²) in [4.78, 5) is 241. The fraction of sp³-hybridized carbons (Fsp3) is 0.125. The monoisotopic (exact) mass is 1150 g/mol. The predicted molar refractivity (Wildman–Crippen MR) is 248 cm³/mol. The van der Waals surface area contributed by atoms with Gasteiger partial charge < -0.3 is 79.9 Å². The number of hydrogen-bond acceptors (Lipinski definition) is 23. The van der Waals surface area contributed by atoms with Crippen molar-refractivity contribution in [3.63, 3.8) is 0 Å². The van der Waals surface area contributed by atoms with Crippen molar-refractivity contribution in [2.75, 3.05) is 0 Å². The predicted octanol–water partition coefficient (Wildman–Crippen LogP) is 2.71. The van der Waals surface area contributed by atoms with E-state index in [9.17, 15) is 142 Å². The van der Waals surface area contributed by atoms with E-state index in [0.717, 1.165) is 52.0 Å². The van der Waals surface area contributed by atoms with Crippen LogP contribution in [0.15, 0.2) is 30.3 Å². The average Bonchev–Trinajstić information content (AvgIpc) is 3.14. The number of carboxylic acids is 11. The van der Waals surface area contributed by atoms with Crippen LogP contribution in [0.3, 0.4) is 0 Å². The van der Waals surface area contributed by atoms with Gasteiger partial charge in [-0.1, -0.05) is 18.2 Å². The lowest BCUT2D eigenvalue weighted by Crippen LogP contribution is -2.34. The SMILES string of the molecule is CC(C)OC(=O)c1c(C(=O)Oc2ccccc2)c(C(=O)O)c(C(=O)OC(=O)c2c(C(=O)O)c(C(=O)O)c(C(=O)O)c(C(=O)O)c2C(=O)O)c(C(=O)OC(=O)c2c(C(=O)O)c(C(=O)O)c(C(=O)O)c(C(=O)O)c2C(=O)O)c1C(=O)OC(C)C. The van der Waals surface area contributed by atoms with Crippen molar-refractivity contribution in [2.24, 2.45) is 0 Å². The Morgan fingerprint density at radius 2 is 0.427 bits per heavy atom. The molecule has 0 fully saturated rings. The number of hydrogen-bond donors (Lipinski definition) is 11. The van der Waals surface area contributed by atoms with Crippen LogP contribution in [0.2, 0.25) is 0 Å². The van der Waals surface area contributed by atoms with Gasteiger partial charge in [0.05, 0.1) is 112 Å². The second kappa shape index (κ2) is 24.0. The Labute approximate surface area is 449 Å². The van der Waals surface area contributed by atoms with Crippen molar-refractivity contribution in [2.45, 2.75) is 39.9 Å². The largest absolute Gasteiger partial charge is 0.478 e. The first-order chi connectivity index (χ1) is 38.0. The summed E-state index contributed by atoms with van der Waals surface area (Å²) in [6.07, 6.45) is -3.04. The molecule has 82 heavy (non-hydrogen) atoms. The van der Waals surface area contributed by atoms with Crippen molar-refractivity contribution in [1.82, 2.24) is 0 Å². The maximum atomic E-state index is 14.9. The third-order valence-corrected chi connectivity index (χ3v) is 10.3. The quantitative estimate of drug-likeness (QED) is 0.0247. The molecule has 0 aliphatic rings. The topological polar surface area (TPSA) is 576 Å². The molecule has 0 aliphatic heterocycles. The van der Waals surface area contributed by atoms with E-state index in [1.54, 1.807) is 0 Å². The fourth-order valence-electron chi connectivity index (χ4n) is 7.60. The van der Waals surface area contributed by atoms with E-state index in [1.165, 1.54) is 6.07 Å². The van der Waals surface area contributed by atoms with Crippen molar-refractivity contribution in [3.05, 3.63) is 130 Å². The Balaban J connectivity index is 2.46. The van der Waals surface area contributed by atoms with Crippen molar-refractivity contribution in [3.8, 4) is 5.75 Å². The minimum absolute atomic E-state index is 0.624. The highest BCUT2D eigenvalue weighted by Crippen LogP contribution is 2.37. The normalized spacial score (nSPS) is 10.6. The molecule has 0 heterocycles. The highest BCUT2D eigenvalue weighted by atomic mass is 16.6. The summed E-state index contributed by atoms with van der Waals surface area (Å²) in [5.74, 6) is -50.0. The number of benzene rings is 4. The molecule has 11 N–H and O–H groups in total. The second-order valence-electron chi connectivity index (χ2n) is 16.1. The van der Waals surface area contributed by atoms with Crippen LogP contribution in [0, 0.1) is 0 Å². The smallest absolute Gasteiger partial charge is 0.347 e. The van der Waals surface area contributed by atoms with Gasteiger partial charge in [-0.25, -0.2) is 86.3 Å². The summed E-state index contributed by atoms with van der Waals surface area (Å²) in [7, 11) is 0. The number of aromatic carboxylic acids is 11. The van der Waals surface area contributed by atoms with Crippen LogP contribution in [0.4, 0.5) is 0 Å². The molecular formula is C48H30O34. The number of rotatable bonds is 21. The van der Waals surface area contributed by atoms with Crippen molar-refractivity contribution < 1.29 is 166 Å². The van der Waals surface area contributed by atoms with E-state index in [1.807, 2.05) is 0 Å². The number of carboxylic acid groups (broad SMARTS) is 11. The number of carbonyl (C=O) groups excluding carboxylic acids is 7. The van der Waals surface area contributed by atoms with Gasteiger partial charge in [0, 0.05) is 0 Å². The molecule has 0 unspecified atom stereocenters. The number of esters is 7. The van der Waals surface area contributed by atoms with Gasteiger partial charge in [-0.2, -0.15) is 0 Å². The molecule has 0 aliphatic carbocycles. The lowest BCUT2D eigenvalue weighted by Gasteiger charge is -2.23. The summed E-state index contributed by atoms with van der Waals surface area (Å²) in [6, 6.07) is 5.48. The molecule has 34 nitrogen and oxygen atoms in total. The summed E-state index contributed by atoms with van der Waals surface area (Å²) in [5.41, 5.74) is -40.7. The van der Waals surface area contributed by atoms with Gasteiger partial charge in [0.25, 0.3) is 0 Å². The van der Waals surface area contributed by atoms with Gasteiger partial charge in [-0.05, 0) is 39.8 Å². The molecule has 4 aromatic rings. The fourth-order valence-corrected chi connectivity index (χ4v) is 7.60. The molecule has 0 radical (unpaired) electrons. The van der Waals surface area contributed by atoms with E-state index in [0.29, 0.717) is 0 Å². The summed E-state index contributed by atoms with van der Waals surface area (Å²) in [6.45, 7) is 4.02. The number of para-hydroxylation sites is 1. The van der Waals surface area contributed by atoms with E-state index < -0.39 is 226 Å². The standard InChI is InChI=1S/C48H30O34/c1-10(2)78-42(71)28-26(44(73)80-12-8-6-5-7-9-12)23(41(69)70)27(47(76)81-45(74)24-19(37(61)62)15(33(53)54)13(31(49)50)16(34(55)56)20(24)38(63)64)29(30(28)43(72)79-11(3)4)48(77)82-46(75)25-21(39(65)66)17(35(57)58)14(32(51)52)18(36(59)60)22(25)40(67)68/h5-11H,1-4H3,(H,49,50)(H,51,52)(H,53,54)(H,55,56)(H,57,58)(H,59,60)(H,61,62)(H,63,64)(H,65,66)(H,67,68)(H,69,70). The maximum Gasteiger partial charge on any atom is 0.347 e. The Morgan fingerprint density at radius 1 is 0.256 bits per heavy atom. The molecule has 0 aromatic heterocycles. The molecule has 4 rings (SSSR count). The number of carbonyl (C=O) groups is 18. The van der Waals surface area contributed by atoms with Crippen LogP contribution < -0.4 is 4.74 Å². The maximum absolute atomic E-state index is 14.9. The molecule has 0 atom stereocenters. The number of ether oxygens (including phenoxy) is 5. The Bertz CT molecular complexity index is 3580. The van der Waals surface area contributed by atoms with Crippen LogP contribution in [-0.4, -0.2) is 176 Å². The molecule has 0 amide bonds. The molecule has 4 aromatic carbocycles. The molecule has 0 bridgehead atoms. The minimum atomic E-state index is -3.05. The summed E-state index contributed by atoms with van der Waals surface area (Å²) < 4.78 is 24.4. The van der Waals surface area contributed by atoms with Gasteiger partial charge >= 0.3 is 107 Å². The highest BCUT2D eigenvalue weighted by Gasteiger charge is 2.48. The molecular weight excluding hydrogens is 1120 g/mol. The Morgan fingerprint density at radius 3 is 0.646 bits per heavy atom. The van der Waals surface area contributed by atoms with Gasteiger partial charge in [0.2, 0.25) is 0 Å². The average molecular weight is 1150 g/mol. The first-order valence-corrected chi connectivity index (χ1v) is 21.5. The first kappa shape index (κ1) is 62.3. The van der Waals surface area contributed by atoms with Crippen molar-refractivity contribution >= 4 is 107 Å². The van der Waals surface area contributed by atoms with Crippen LogP contribution >= 0.6 is 0 Å². The van der Waals surface area contributed by atoms with E-state index in [-0.39, 0.29) is 0 Å². The van der Waals surface area contributed by atoms with Gasteiger partial charge in [-0.3, -0.25) is 0 Å². The zero-order chi connectivity index (χ0) is 62.6. The summed E-state index contributed by atoms with van der Waals surface area (Å²) in [5, 5.41) is 111. The molecule has 0 spiro atoms. The molecule has 0 saturated carbocycles. The van der Waals surface area contributed by atoms with Crippen molar-refractivity contribution in [1.29, 1.82) is 0 Å². The van der Waals surface area contributed by atoms with Gasteiger partial charge in [0.1, 0.15) is 5.75 Å². The van der Waals surface area contributed by atoms with Crippen LogP contribution in [0.25, 0.3) is 0 Å². The van der Waals surface area contributed by atoms with Gasteiger partial charge in [-0.15, -0.1) is 0 Å². The van der Waals surface area contributed by atoms with E-state index >= 15 is 0 Å². The zero-order valence-corrected chi connectivity index (χ0v) is 40.9. The summed E-state index contributed by atoms with van der Waals surface area (Å²) >= 11 is 0. The van der Waals surface area contributed by atoms with E-state index in [2.05, 4.69) is 9.47 Å². The van der Waals surface area contributed by atoms with Crippen LogP contribution in [0.5, 0.6) is 5.75 Å². The second-order valence-corrected chi connectivity index (χ2v) is 16.1. The lowest BCUT2D eigenvalue weighted by molar-refractivity contribution is 0.0305. The Hall–Kier alpha value is -12.3. The zero-order valence-electron chi connectivity index (χ0n) is 40.9. The van der Waals surface area contributed by atoms with Crippen LogP contribution in [-0.2, 0) is 18.9 Å². The lowest BCUT2D eigenvalue weighted by atomic mass is 9.85. The molecule has 0 saturated heterocycles. The molecule has 34 heteroatoms. The minimum Gasteiger partial charge on any atom is -0.478 e.